The lowest BCUT2D eigenvalue weighted by molar-refractivity contribution is 0.145. The molecule has 4 nitrogen and oxygen atoms in total. The number of alkyl halides is 1. The summed E-state index contributed by atoms with van der Waals surface area (Å²) in [6, 6.07) is 4.54. The Morgan fingerprint density at radius 3 is 2.68 bits per heavy atom. The fourth-order valence-electron chi connectivity index (χ4n) is 2.30. The zero-order valence-electron chi connectivity index (χ0n) is 10.9. The lowest BCUT2D eigenvalue weighted by Gasteiger charge is -2.34. The largest absolute Gasteiger partial charge is 0.508 e. The van der Waals surface area contributed by atoms with Crippen LogP contribution in [0.5, 0.6) is 11.5 Å². The number of ether oxygens (including phenoxy) is 1. The molecule has 2 rings (SSSR count). The summed E-state index contributed by atoms with van der Waals surface area (Å²) in [6.07, 6.45) is 0. The van der Waals surface area contributed by atoms with E-state index in [1.54, 1.807) is 25.3 Å². The number of hydrogen-bond acceptors (Lipinski definition) is 4. The number of phenols is 1. The lowest BCUT2D eigenvalue weighted by Crippen LogP contribution is -2.45. The van der Waals surface area contributed by atoms with Crippen LogP contribution >= 0.6 is 12.4 Å². The normalized spacial score (nSPS) is 17.6. The Bertz CT molecular complexity index is 400. The number of nitrogens with zero attached hydrogens (tertiary/aromatic N) is 1. The first-order chi connectivity index (χ1) is 8.76. The topological polar surface area (TPSA) is 44.7 Å². The van der Waals surface area contributed by atoms with Crippen molar-refractivity contribution in [3.63, 3.8) is 0 Å². The molecule has 19 heavy (non-hydrogen) atoms. The molecule has 1 atom stereocenters. The van der Waals surface area contributed by atoms with Crippen molar-refractivity contribution in [3.8, 4) is 11.5 Å². The van der Waals surface area contributed by atoms with E-state index < -0.39 is 12.7 Å². The molecule has 1 heterocycles. The van der Waals surface area contributed by atoms with E-state index in [1.807, 2.05) is 4.90 Å². The Labute approximate surface area is 119 Å². The monoisotopic (exact) mass is 290 g/mol. The molecule has 1 aromatic rings. The smallest absolute Gasteiger partial charge is 0.120 e. The van der Waals surface area contributed by atoms with Crippen LogP contribution in [-0.4, -0.2) is 50.0 Å². The van der Waals surface area contributed by atoms with Gasteiger partial charge >= 0.3 is 0 Å². The number of nitrogens with one attached hydrogen (secondary N) is 1. The summed E-state index contributed by atoms with van der Waals surface area (Å²) in [6.45, 7) is 2.75. The molecule has 0 aliphatic carbocycles. The van der Waals surface area contributed by atoms with Gasteiger partial charge in [0.1, 0.15) is 18.2 Å². The number of benzene rings is 1. The molecular formula is C13H20ClFN2O2. The molecule has 0 bridgehead atoms. The van der Waals surface area contributed by atoms with Crippen LogP contribution < -0.4 is 10.1 Å². The highest BCUT2D eigenvalue weighted by Crippen LogP contribution is 2.32. The zero-order chi connectivity index (χ0) is 13.0. The minimum atomic E-state index is -0.513. The molecule has 6 heteroatoms. The van der Waals surface area contributed by atoms with Crippen LogP contribution in [0, 0.1) is 0 Å². The van der Waals surface area contributed by atoms with Gasteiger partial charge in [0.05, 0.1) is 13.2 Å². The van der Waals surface area contributed by atoms with Crippen LogP contribution in [-0.2, 0) is 0 Å². The van der Waals surface area contributed by atoms with Crippen molar-refractivity contribution in [2.45, 2.75) is 6.04 Å². The van der Waals surface area contributed by atoms with Crippen molar-refractivity contribution in [1.29, 1.82) is 0 Å². The number of hydrogen-bond donors (Lipinski definition) is 2. The van der Waals surface area contributed by atoms with Gasteiger partial charge in [-0.1, -0.05) is 0 Å². The molecule has 1 aliphatic rings. The minimum Gasteiger partial charge on any atom is -0.508 e. The van der Waals surface area contributed by atoms with Crippen molar-refractivity contribution >= 4 is 12.4 Å². The third-order valence-corrected chi connectivity index (χ3v) is 3.33. The van der Waals surface area contributed by atoms with E-state index in [1.165, 1.54) is 0 Å². The average Bonchev–Trinajstić information content (AvgIpc) is 2.43. The molecule has 0 spiro atoms. The second-order valence-electron chi connectivity index (χ2n) is 4.38. The van der Waals surface area contributed by atoms with E-state index in [4.69, 9.17) is 4.74 Å². The van der Waals surface area contributed by atoms with Gasteiger partial charge in [-0.2, -0.15) is 0 Å². The number of piperazine rings is 1. The Hall–Kier alpha value is -1.04. The highest BCUT2D eigenvalue weighted by molar-refractivity contribution is 5.85. The standard InChI is InChI=1S/C13H19FN2O2.ClH/c1-18-10-2-3-13(17)11(8-10)12(9-14)16-6-4-15-5-7-16;/h2-3,8,12,15,17H,4-7,9H2,1H3;1H/t12-;/m0./s1. The van der Waals surface area contributed by atoms with Crippen LogP contribution in [0.25, 0.3) is 0 Å². The Kier molecular flexibility index (Phi) is 6.34. The number of methoxy groups -OCH3 is 1. The van der Waals surface area contributed by atoms with Gasteiger partial charge in [-0.15, -0.1) is 12.4 Å². The quantitative estimate of drug-likeness (QED) is 0.887. The number of halogens is 2. The fraction of sp³-hybridized carbons (Fsp3) is 0.538. The first-order valence-corrected chi connectivity index (χ1v) is 6.14. The third kappa shape index (κ3) is 3.72. The van der Waals surface area contributed by atoms with Gasteiger partial charge in [0.25, 0.3) is 0 Å². The molecule has 1 aromatic carbocycles. The highest BCUT2D eigenvalue weighted by Gasteiger charge is 2.24. The Balaban J connectivity index is 0.00000180. The summed E-state index contributed by atoms with van der Waals surface area (Å²) in [7, 11) is 1.56. The second-order valence-corrected chi connectivity index (χ2v) is 4.38. The van der Waals surface area contributed by atoms with E-state index in [2.05, 4.69) is 5.32 Å². The summed E-state index contributed by atoms with van der Waals surface area (Å²) < 4.78 is 18.5. The molecule has 0 amide bonds. The molecule has 0 radical (unpaired) electrons. The van der Waals surface area contributed by atoms with Crippen LogP contribution in [0.2, 0.25) is 0 Å². The lowest BCUT2D eigenvalue weighted by atomic mass is 10.0. The summed E-state index contributed by atoms with van der Waals surface area (Å²) in [5.74, 6) is 0.758. The second kappa shape index (κ2) is 7.53. The van der Waals surface area contributed by atoms with Gasteiger partial charge in [-0.25, -0.2) is 4.39 Å². The number of aromatic hydroxyl groups is 1. The van der Waals surface area contributed by atoms with Crippen molar-refractivity contribution in [2.24, 2.45) is 0 Å². The van der Waals surface area contributed by atoms with Crippen molar-refractivity contribution < 1.29 is 14.2 Å². The van der Waals surface area contributed by atoms with Gasteiger partial charge in [0.2, 0.25) is 0 Å². The third-order valence-electron chi connectivity index (χ3n) is 3.33. The van der Waals surface area contributed by atoms with Crippen LogP contribution in [0.4, 0.5) is 4.39 Å². The Morgan fingerprint density at radius 2 is 2.11 bits per heavy atom. The first kappa shape index (κ1) is 16.0. The molecule has 2 N–H and O–H groups in total. The molecule has 0 unspecified atom stereocenters. The maximum Gasteiger partial charge on any atom is 0.120 e. The van der Waals surface area contributed by atoms with Crippen LogP contribution in [0.15, 0.2) is 18.2 Å². The van der Waals surface area contributed by atoms with E-state index in [-0.39, 0.29) is 18.2 Å². The molecule has 0 aromatic heterocycles. The van der Waals surface area contributed by atoms with E-state index in [9.17, 15) is 9.50 Å². The molecular weight excluding hydrogens is 271 g/mol. The zero-order valence-corrected chi connectivity index (χ0v) is 11.8. The van der Waals surface area contributed by atoms with Gasteiger partial charge in [-0.05, 0) is 18.2 Å². The predicted molar refractivity (Wildman–Crippen MR) is 75.1 cm³/mol. The van der Waals surface area contributed by atoms with Crippen molar-refractivity contribution in [1.82, 2.24) is 10.2 Å². The highest BCUT2D eigenvalue weighted by atomic mass is 35.5. The SMILES string of the molecule is COc1ccc(O)c([C@H](CF)N2CCNCC2)c1.Cl. The Morgan fingerprint density at radius 1 is 1.42 bits per heavy atom. The summed E-state index contributed by atoms with van der Waals surface area (Å²) in [5, 5.41) is 13.1. The van der Waals surface area contributed by atoms with Crippen LogP contribution in [0.1, 0.15) is 11.6 Å². The molecule has 108 valence electrons. The van der Waals surface area contributed by atoms with Gasteiger partial charge in [0, 0.05) is 31.7 Å². The summed E-state index contributed by atoms with van der Waals surface area (Å²) in [4.78, 5) is 2.05. The fourth-order valence-corrected chi connectivity index (χ4v) is 2.30. The molecule has 1 saturated heterocycles. The van der Waals surface area contributed by atoms with Gasteiger partial charge < -0.3 is 15.2 Å². The van der Waals surface area contributed by atoms with E-state index in [0.717, 1.165) is 26.2 Å². The summed E-state index contributed by atoms with van der Waals surface area (Å²) in [5.41, 5.74) is 0.596. The van der Waals surface area contributed by atoms with Gasteiger partial charge in [-0.3, -0.25) is 4.90 Å². The molecule has 1 aliphatic heterocycles. The maximum absolute atomic E-state index is 13.3. The number of rotatable bonds is 4. The van der Waals surface area contributed by atoms with Crippen molar-refractivity contribution in [2.75, 3.05) is 40.0 Å². The number of phenolic OH excluding ortho intramolecular Hbond substituents is 1. The minimum absolute atomic E-state index is 0. The van der Waals surface area contributed by atoms with Gasteiger partial charge in [0.15, 0.2) is 0 Å². The van der Waals surface area contributed by atoms with E-state index in [0.29, 0.717) is 11.3 Å². The maximum atomic E-state index is 13.3. The van der Waals surface area contributed by atoms with E-state index >= 15 is 0 Å². The average molecular weight is 291 g/mol. The summed E-state index contributed by atoms with van der Waals surface area (Å²) >= 11 is 0. The predicted octanol–water partition coefficient (Wildman–Crippen LogP) is 1.74. The van der Waals surface area contributed by atoms with Crippen LogP contribution in [0.3, 0.4) is 0 Å². The molecule has 0 saturated carbocycles. The molecule has 1 fully saturated rings. The first-order valence-electron chi connectivity index (χ1n) is 6.14. The van der Waals surface area contributed by atoms with Crippen molar-refractivity contribution in [3.05, 3.63) is 23.8 Å².